The lowest BCUT2D eigenvalue weighted by Crippen LogP contribution is -2.47. The molecule has 7 nitrogen and oxygen atoms in total. The second-order valence-electron chi connectivity index (χ2n) is 9.07. The van der Waals surface area contributed by atoms with Gasteiger partial charge in [0.25, 0.3) is 0 Å². The molecular weight excluding hydrogens is 457 g/mol. The lowest BCUT2D eigenvalue weighted by Gasteiger charge is -2.36. The van der Waals surface area contributed by atoms with E-state index >= 15 is 0 Å². The van der Waals surface area contributed by atoms with Gasteiger partial charge in [-0.3, -0.25) is 19.4 Å². The van der Waals surface area contributed by atoms with Crippen molar-refractivity contribution in [3.05, 3.63) is 65.0 Å². The molecule has 1 fully saturated rings. The van der Waals surface area contributed by atoms with Gasteiger partial charge < -0.3 is 10.2 Å². The van der Waals surface area contributed by atoms with Crippen LogP contribution in [0, 0.1) is 12.8 Å². The van der Waals surface area contributed by atoms with Gasteiger partial charge in [0.05, 0.1) is 29.8 Å². The van der Waals surface area contributed by atoms with Crippen LogP contribution in [0.1, 0.15) is 48.5 Å². The minimum Gasteiger partial charge on any atom is -0.361 e. The van der Waals surface area contributed by atoms with Crippen LogP contribution in [-0.2, 0) is 30.4 Å². The van der Waals surface area contributed by atoms with Crippen molar-refractivity contribution in [2.45, 2.75) is 58.8 Å². The van der Waals surface area contributed by atoms with E-state index in [0.717, 1.165) is 53.7 Å². The monoisotopic (exact) mass is 486 g/mol. The van der Waals surface area contributed by atoms with Crippen LogP contribution in [0.2, 0.25) is 0 Å². The maximum absolute atomic E-state index is 12.7. The van der Waals surface area contributed by atoms with E-state index in [-0.39, 0.29) is 19.4 Å². The number of fused-ring (bicyclic) bond motifs is 1. The minimum atomic E-state index is -4.44. The number of pyridine rings is 2. The standard InChI is InChI=1S/C24H25F3N6O.CH4/c1-14-21-19(32(2)22(17-5-6-17)23(34)31-21)9-18(30-14)7-3-16-11-29-33(13-16)12-15-4-8-20(28-10-15)24(25,26)27;/h4,8-11,13,17,22H,3,5-7,12H2,1-2H3,(H,31,34);1H4/t22-;/m0./s1. The van der Waals surface area contributed by atoms with Crippen LogP contribution < -0.4 is 10.2 Å². The molecule has 1 N–H and O–H groups in total. The normalized spacial score (nSPS) is 17.6. The van der Waals surface area contributed by atoms with Crippen molar-refractivity contribution in [1.82, 2.24) is 19.7 Å². The SMILES string of the molecule is C.Cc1nc(CCc2cnn(Cc3ccc(C(F)(F)F)nc3)c2)cc2c1NC(=O)[C@H](C1CC1)N2C. The van der Waals surface area contributed by atoms with Gasteiger partial charge in [0, 0.05) is 25.1 Å². The number of rotatable bonds is 6. The number of halogens is 3. The van der Waals surface area contributed by atoms with Crippen molar-refractivity contribution in [3.8, 4) is 0 Å². The molecule has 186 valence electrons. The smallest absolute Gasteiger partial charge is 0.361 e. The van der Waals surface area contributed by atoms with Crippen LogP contribution in [0.5, 0.6) is 0 Å². The number of aromatic nitrogens is 4. The third kappa shape index (κ3) is 5.16. The number of aryl methyl sites for hydroxylation is 3. The Kier molecular flexibility index (Phi) is 6.57. The summed E-state index contributed by atoms with van der Waals surface area (Å²) in [5, 5.41) is 7.38. The van der Waals surface area contributed by atoms with Gasteiger partial charge >= 0.3 is 6.18 Å². The molecule has 35 heavy (non-hydrogen) atoms. The molecule has 0 saturated heterocycles. The highest BCUT2D eigenvalue weighted by molar-refractivity contribution is 6.04. The van der Waals surface area contributed by atoms with Crippen LogP contribution in [0.25, 0.3) is 0 Å². The lowest BCUT2D eigenvalue weighted by molar-refractivity contribution is -0.141. The first-order valence-corrected chi connectivity index (χ1v) is 11.3. The molecule has 0 unspecified atom stereocenters. The first-order valence-electron chi connectivity index (χ1n) is 11.3. The molecule has 3 aromatic heterocycles. The number of carbonyl (C=O) groups excluding carboxylic acids is 1. The molecule has 2 aliphatic rings. The Morgan fingerprint density at radius 2 is 1.91 bits per heavy atom. The number of hydrogen-bond donors (Lipinski definition) is 1. The van der Waals surface area contributed by atoms with Gasteiger partial charge in [-0.25, -0.2) is 0 Å². The zero-order valence-corrected chi connectivity index (χ0v) is 18.9. The summed E-state index contributed by atoms with van der Waals surface area (Å²) in [7, 11) is 1.98. The Hall–Kier alpha value is -3.43. The zero-order chi connectivity index (χ0) is 24.0. The van der Waals surface area contributed by atoms with E-state index < -0.39 is 11.9 Å². The molecule has 1 saturated carbocycles. The highest BCUT2D eigenvalue weighted by Gasteiger charge is 2.42. The molecule has 3 aromatic rings. The fraction of sp³-hybridized carbons (Fsp3) is 0.440. The lowest BCUT2D eigenvalue weighted by atomic mass is 10.0. The quantitative estimate of drug-likeness (QED) is 0.550. The molecule has 5 rings (SSSR count). The molecule has 1 aliphatic heterocycles. The first-order chi connectivity index (χ1) is 16.2. The van der Waals surface area contributed by atoms with Gasteiger partial charge in [-0.15, -0.1) is 0 Å². The Bertz CT molecular complexity index is 1220. The molecular formula is C25H29F3N6O. The molecule has 1 atom stereocenters. The number of anilines is 2. The topological polar surface area (TPSA) is 75.9 Å². The average molecular weight is 487 g/mol. The molecule has 0 bridgehead atoms. The summed E-state index contributed by atoms with van der Waals surface area (Å²) < 4.78 is 39.7. The number of nitrogens with zero attached hydrogens (tertiary/aromatic N) is 5. The summed E-state index contributed by atoms with van der Waals surface area (Å²) in [6.07, 6.45) is 4.03. The van der Waals surface area contributed by atoms with E-state index in [1.807, 2.05) is 20.2 Å². The van der Waals surface area contributed by atoms with Crippen molar-refractivity contribution in [3.63, 3.8) is 0 Å². The predicted molar refractivity (Wildman–Crippen MR) is 127 cm³/mol. The van der Waals surface area contributed by atoms with Crippen LogP contribution in [-0.4, -0.2) is 38.7 Å². The molecule has 0 aromatic carbocycles. The maximum atomic E-state index is 12.7. The fourth-order valence-electron chi connectivity index (χ4n) is 4.51. The van der Waals surface area contributed by atoms with Crippen molar-refractivity contribution < 1.29 is 18.0 Å². The summed E-state index contributed by atoms with van der Waals surface area (Å²) in [6.45, 7) is 2.25. The number of alkyl halides is 3. The fourth-order valence-corrected chi connectivity index (χ4v) is 4.51. The van der Waals surface area contributed by atoms with Crippen LogP contribution >= 0.6 is 0 Å². The predicted octanol–water partition coefficient (Wildman–Crippen LogP) is 4.64. The third-order valence-electron chi connectivity index (χ3n) is 6.43. The summed E-state index contributed by atoms with van der Waals surface area (Å²) >= 11 is 0. The van der Waals surface area contributed by atoms with E-state index in [1.54, 1.807) is 10.9 Å². The van der Waals surface area contributed by atoms with Gasteiger partial charge in [0.2, 0.25) is 5.91 Å². The number of likely N-dealkylation sites (N-methyl/N-ethyl adjacent to an activating group) is 1. The maximum Gasteiger partial charge on any atom is 0.433 e. The molecule has 1 amide bonds. The highest BCUT2D eigenvalue weighted by atomic mass is 19.4. The van der Waals surface area contributed by atoms with Gasteiger partial charge in [0.15, 0.2) is 0 Å². The largest absolute Gasteiger partial charge is 0.433 e. The van der Waals surface area contributed by atoms with Gasteiger partial charge in [-0.1, -0.05) is 13.5 Å². The van der Waals surface area contributed by atoms with E-state index in [2.05, 4.69) is 31.3 Å². The van der Waals surface area contributed by atoms with Crippen molar-refractivity contribution in [1.29, 1.82) is 0 Å². The Balaban J connectivity index is 0.00000289. The third-order valence-corrected chi connectivity index (χ3v) is 6.43. The van der Waals surface area contributed by atoms with Crippen molar-refractivity contribution >= 4 is 17.3 Å². The highest BCUT2D eigenvalue weighted by Crippen LogP contribution is 2.42. The summed E-state index contributed by atoms with van der Waals surface area (Å²) in [6, 6.07) is 4.33. The Labute approximate surface area is 202 Å². The van der Waals surface area contributed by atoms with Gasteiger partial charge in [0.1, 0.15) is 11.7 Å². The molecule has 0 spiro atoms. The molecule has 1 aliphatic carbocycles. The van der Waals surface area contributed by atoms with E-state index in [0.29, 0.717) is 24.4 Å². The first kappa shape index (κ1) is 24.7. The van der Waals surface area contributed by atoms with Crippen molar-refractivity contribution in [2.24, 2.45) is 5.92 Å². The number of amides is 1. The zero-order valence-electron chi connectivity index (χ0n) is 18.9. The van der Waals surface area contributed by atoms with E-state index in [9.17, 15) is 18.0 Å². The average Bonchev–Trinajstić information content (AvgIpc) is 3.51. The number of hydrogen-bond acceptors (Lipinski definition) is 5. The van der Waals surface area contributed by atoms with Crippen LogP contribution in [0.3, 0.4) is 0 Å². The number of carbonyl (C=O) groups is 1. The molecule has 4 heterocycles. The van der Waals surface area contributed by atoms with Crippen LogP contribution in [0.4, 0.5) is 24.5 Å². The van der Waals surface area contributed by atoms with Crippen LogP contribution in [0.15, 0.2) is 36.8 Å². The Morgan fingerprint density at radius 1 is 1.14 bits per heavy atom. The summed E-state index contributed by atoms with van der Waals surface area (Å²) in [4.78, 5) is 22.8. The van der Waals surface area contributed by atoms with Gasteiger partial charge in [-0.2, -0.15) is 18.3 Å². The van der Waals surface area contributed by atoms with Crippen molar-refractivity contribution in [2.75, 3.05) is 17.3 Å². The molecule has 10 heteroatoms. The van der Waals surface area contributed by atoms with E-state index in [1.165, 1.54) is 12.3 Å². The van der Waals surface area contributed by atoms with Gasteiger partial charge in [-0.05, 0) is 61.8 Å². The second-order valence-corrected chi connectivity index (χ2v) is 9.07. The minimum absolute atomic E-state index is 0. The number of nitrogens with one attached hydrogen (secondary N) is 1. The molecule has 0 radical (unpaired) electrons. The Morgan fingerprint density at radius 3 is 2.57 bits per heavy atom. The summed E-state index contributed by atoms with van der Waals surface area (Å²) in [5.74, 6) is 0.464. The second kappa shape index (κ2) is 9.31. The van der Waals surface area contributed by atoms with E-state index in [4.69, 9.17) is 0 Å². The summed E-state index contributed by atoms with van der Waals surface area (Å²) in [5.41, 5.74) is 4.27.